The minimum Gasteiger partial charge on any atom is -0.478 e. The van der Waals surface area contributed by atoms with E-state index in [0.29, 0.717) is 10.6 Å². The zero-order valence-corrected chi connectivity index (χ0v) is 19.1. The molecule has 1 aromatic carbocycles. The summed E-state index contributed by atoms with van der Waals surface area (Å²) >= 11 is 0. The Morgan fingerprint density at radius 3 is 2.26 bits per heavy atom. The summed E-state index contributed by atoms with van der Waals surface area (Å²) in [4.78, 5) is 92.8. The van der Waals surface area contributed by atoms with E-state index in [4.69, 9.17) is 10.2 Å². The number of hydrogen-bond acceptors (Lipinski definition) is 8. The standard InChI is InChI=1S/C14H6N2O8.C11H6N2O2/c17-10-4-2-6(14(23)24)15-8(4)7-3(12(19)20)1-5(13(21)22)16-9(7)11(10)18;14-9-5-6-1-2-8-7(3-4-12-8)10(6)13-11(9)15/h1-2,15H,(H,19,20)(H,21,22)(H,23,24);1-5,12H. The van der Waals surface area contributed by atoms with E-state index in [1.165, 1.54) is 6.08 Å². The minimum absolute atomic E-state index is 0.200. The number of carbonyl (C=O) groups excluding carboxylic acids is 4. The highest BCUT2D eigenvalue weighted by atomic mass is 16.4. The number of nitrogens with zero attached hydrogens (tertiary/aromatic N) is 2. The molecular formula is C25H12N4O10. The summed E-state index contributed by atoms with van der Waals surface area (Å²) in [6.07, 6.45) is 3.11. The van der Waals surface area contributed by atoms with E-state index < -0.39 is 63.8 Å². The summed E-state index contributed by atoms with van der Waals surface area (Å²) in [6.45, 7) is 0. The van der Waals surface area contributed by atoms with Crippen LogP contribution in [0.2, 0.25) is 0 Å². The molecule has 0 saturated carbocycles. The van der Waals surface area contributed by atoms with Crippen molar-refractivity contribution in [2.24, 2.45) is 4.99 Å². The SMILES string of the molecule is O=C(O)c1cc(C(=O)O)c2c(n1)C(=O)C(=O)c1cc(C(=O)O)[nH]c1-2.O=C1C=c2ccc3[nH]ccc3c2=NC1=O. The van der Waals surface area contributed by atoms with Gasteiger partial charge in [-0.15, -0.1) is 0 Å². The number of aromatic nitrogens is 3. The summed E-state index contributed by atoms with van der Waals surface area (Å²) in [5, 5.41) is 29.4. The lowest BCUT2D eigenvalue weighted by Crippen LogP contribution is -2.34. The number of H-pyrrole nitrogens is 2. The lowest BCUT2D eigenvalue weighted by Gasteiger charge is -2.16. The van der Waals surface area contributed by atoms with Gasteiger partial charge in [0.1, 0.15) is 17.1 Å². The second-order valence-electron chi connectivity index (χ2n) is 8.19. The van der Waals surface area contributed by atoms with Crippen LogP contribution in [0.25, 0.3) is 28.2 Å². The maximum absolute atomic E-state index is 12.1. The summed E-state index contributed by atoms with van der Waals surface area (Å²) < 4.78 is 0. The fourth-order valence-corrected chi connectivity index (χ4v) is 4.15. The first kappa shape index (κ1) is 24.6. The Morgan fingerprint density at radius 2 is 1.59 bits per heavy atom. The average Bonchev–Trinajstić information content (AvgIpc) is 3.56. The quantitative estimate of drug-likeness (QED) is 0.226. The number of carbonyl (C=O) groups is 7. The van der Waals surface area contributed by atoms with E-state index in [-0.39, 0.29) is 16.8 Å². The Bertz CT molecular complexity index is 1980. The zero-order valence-electron chi connectivity index (χ0n) is 19.1. The van der Waals surface area contributed by atoms with E-state index in [1.54, 1.807) is 12.3 Å². The maximum atomic E-state index is 12.1. The molecule has 0 unspecified atom stereocenters. The molecule has 3 aromatic heterocycles. The smallest absolute Gasteiger partial charge is 0.354 e. The molecule has 0 atom stereocenters. The summed E-state index contributed by atoms with van der Waals surface area (Å²) in [5.74, 6) is -8.13. The average molecular weight is 528 g/mol. The first-order chi connectivity index (χ1) is 18.5. The number of fused-ring (bicyclic) bond motifs is 6. The van der Waals surface area contributed by atoms with Crippen molar-refractivity contribution in [1.82, 2.24) is 15.0 Å². The number of carboxylic acid groups (broad SMARTS) is 3. The predicted octanol–water partition coefficient (Wildman–Crippen LogP) is 0.228. The molecule has 14 heteroatoms. The highest BCUT2D eigenvalue weighted by Crippen LogP contribution is 2.35. The van der Waals surface area contributed by atoms with Crippen LogP contribution in [0.5, 0.6) is 0 Å². The summed E-state index contributed by atoms with van der Waals surface area (Å²) in [6, 6.07) is 7.13. The van der Waals surface area contributed by atoms with Gasteiger partial charge in [0.15, 0.2) is 0 Å². The zero-order chi connectivity index (χ0) is 28.2. The van der Waals surface area contributed by atoms with Crippen LogP contribution in [0.4, 0.5) is 0 Å². The Morgan fingerprint density at radius 1 is 0.846 bits per heavy atom. The van der Waals surface area contributed by atoms with Crippen molar-refractivity contribution in [3.05, 3.63) is 75.3 Å². The molecule has 0 spiro atoms. The second kappa shape index (κ2) is 8.81. The van der Waals surface area contributed by atoms with Gasteiger partial charge in [-0.05, 0) is 24.3 Å². The molecule has 14 nitrogen and oxygen atoms in total. The second-order valence-corrected chi connectivity index (χ2v) is 8.19. The van der Waals surface area contributed by atoms with Crippen molar-refractivity contribution < 1.29 is 48.9 Å². The van der Waals surface area contributed by atoms with E-state index in [9.17, 15) is 38.7 Å². The van der Waals surface area contributed by atoms with E-state index in [2.05, 4.69) is 19.9 Å². The number of rotatable bonds is 3. The van der Waals surface area contributed by atoms with E-state index >= 15 is 0 Å². The third kappa shape index (κ3) is 3.97. The van der Waals surface area contributed by atoms with Crippen LogP contribution >= 0.6 is 0 Å². The van der Waals surface area contributed by atoms with Gasteiger partial charge in [-0.25, -0.2) is 24.4 Å². The number of pyridine rings is 1. The van der Waals surface area contributed by atoms with Crippen LogP contribution in [-0.2, 0) is 9.59 Å². The van der Waals surface area contributed by atoms with Crippen molar-refractivity contribution in [2.45, 2.75) is 0 Å². The number of aromatic amines is 2. The summed E-state index contributed by atoms with van der Waals surface area (Å²) in [7, 11) is 0. The molecule has 6 rings (SSSR count). The van der Waals surface area contributed by atoms with Gasteiger partial charge in [0.2, 0.25) is 11.6 Å². The Hall–Kier alpha value is -6.05. The molecule has 39 heavy (non-hydrogen) atoms. The minimum atomic E-state index is -1.58. The van der Waals surface area contributed by atoms with Crippen molar-refractivity contribution in [2.75, 3.05) is 0 Å². The number of nitrogens with one attached hydrogen (secondary N) is 2. The number of carboxylic acids is 3. The molecule has 0 fully saturated rings. The third-order valence-corrected chi connectivity index (χ3v) is 5.88. The van der Waals surface area contributed by atoms with Crippen LogP contribution in [0.1, 0.15) is 52.2 Å². The largest absolute Gasteiger partial charge is 0.478 e. The van der Waals surface area contributed by atoms with E-state index in [1.807, 2.05) is 12.1 Å². The molecule has 2 aliphatic rings. The number of amides is 1. The van der Waals surface area contributed by atoms with E-state index in [0.717, 1.165) is 23.0 Å². The van der Waals surface area contributed by atoms with Crippen LogP contribution in [0.15, 0.2) is 41.5 Å². The molecule has 0 bridgehead atoms. The Labute approximate surface area is 213 Å². The van der Waals surface area contributed by atoms with Crippen LogP contribution in [-0.4, -0.2) is 71.4 Å². The lowest BCUT2D eigenvalue weighted by atomic mass is 9.88. The predicted molar refractivity (Wildman–Crippen MR) is 127 cm³/mol. The fourth-order valence-electron chi connectivity index (χ4n) is 4.15. The van der Waals surface area contributed by atoms with Gasteiger partial charge in [-0.1, -0.05) is 6.07 Å². The molecule has 5 N–H and O–H groups in total. The molecular weight excluding hydrogens is 516 g/mol. The van der Waals surface area contributed by atoms with Crippen LogP contribution < -0.4 is 10.6 Å². The van der Waals surface area contributed by atoms with Crippen LogP contribution in [0, 0.1) is 0 Å². The van der Waals surface area contributed by atoms with Gasteiger partial charge < -0.3 is 25.3 Å². The van der Waals surface area contributed by atoms with Gasteiger partial charge in [0, 0.05) is 34.0 Å². The monoisotopic (exact) mass is 528 g/mol. The van der Waals surface area contributed by atoms with Crippen molar-refractivity contribution in [3.8, 4) is 11.3 Å². The van der Waals surface area contributed by atoms with Crippen molar-refractivity contribution >= 4 is 58.1 Å². The fraction of sp³-hybridized carbons (Fsp3) is 0. The lowest BCUT2D eigenvalue weighted by molar-refractivity contribution is -0.132. The van der Waals surface area contributed by atoms with Crippen molar-refractivity contribution in [1.29, 1.82) is 0 Å². The first-order valence-electron chi connectivity index (χ1n) is 10.8. The highest BCUT2D eigenvalue weighted by Gasteiger charge is 2.38. The van der Waals surface area contributed by atoms with Gasteiger partial charge >= 0.3 is 23.8 Å². The Balaban J connectivity index is 0.000000175. The normalized spacial score (nSPS) is 13.3. The molecule has 4 heterocycles. The molecule has 1 amide bonds. The number of aromatic carboxylic acids is 3. The Kier molecular flexibility index (Phi) is 5.56. The maximum Gasteiger partial charge on any atom is 0.354 e. The first-order valence-corrected chi connectivity index (χ1v) is 10.8. The number of ketones is 3. The number of Topliss-reactive ketones (excluding diaryl/α,β-unsaturated/α-hetero) is 3. The van der Waals surface area contributed by atoms with Crippen molar-refractivity contribution in [3.63, 3.8) is 0 Å². The molecule has 4 aromatic rings. The molecule has 1 aliphatic carbocycles. The number of hydrogen-bond donors (Lipinski definition) is 5. The van der Waals surface area contributed by atoms with Gasteiger partial charge in [-0.2, -0.15) is 0 Å². The van der Waals surface area contributed by atoms with Gasteiger partial charge in [0.05, 0.1) is 22.2 Å². The molecule has 0 radical (unpaired) electrons. The molecule has 192 valence electrons. The molecule has 1 aliphatic heterocycles. The van der Waals surface area contributed by atoms with Gasteiger partial charge in [0.25, 0.3) is 5.78 Å². The summed E-state index contributed by atoms with van der Waals surface area (Å²) in [5.41, 5.74) is -2.30. The highest BCUT2D eigenvalue weighted by molar-refractivity contribution is 6.53. The third-order valence-electron chi connectivity index (χ3n) is 5.88. The van der Waals surface area contributed by atoms with Crippen LogP contribution in [0.3, 0.4) is 0 Å². The molecule has 0 saturated heterocycles. The number of benzene rings is 1. The van der Waals surface area contributed by atoms with Gasteiger partial charge in [-0.3, -0.25) is 19.2 Å². The topological polar surface area (TPSA) is 237 Å².